The molecule has 0 aliphatic carbocycles. The fraction of sp³-hybridized carbons (Fsp3) is 0.273. The highest BCUT2D eigenvalue weighted by atomic mass is 16.1. The average molecular weight is 205 g/mol. The maximum atomic E-state index is 11.4. The van der Waals surface area contributed by atoms with Crippen molar-refractivity contribution in [3.05, 3.63) is 36.7 Å². The predicted molar refractivity (Wildman–Crippen MR) is 60.7 cm³/mol. The Kier molecular flexibility index (Phi) is 4.50. The third kappa shape index (κ3) is 4.37. The summed E-state index contributed by atoms with van der Waals surface area (Å²) in [5.41, 5.74) is 1.74. The van der Waals surface area contributed by atoms with Gasteiger partial charge in [0, 0.05) is 12.7 Å². The van der Waals surface area contributed by atoms with Gasteiger partial charge in [-0.1, -0.05) is 6.08 Å². The van der Waals surface area contributed by atoms with Gasteiger partial charge in [-0.2, -0.15) is 0 Å². The summed E-state index contributed by atoms with van der Waals surface area (Å²) in [4.78, 5) is 15.3. The van der Waals surface area contributed by atoms with Crippen LogP contribution in [0, 0.1) is 6.92 Å². The van der Waals surface area contributed by atoms with Crippen molar-refractivity contribution in [3.63, 3.8) is 0 Å². The zero-order valence-corrected chi connectivity index (χ0v) is 8.79. The van der Waals surface area contributed by atoms with E-state index in [1.54, 1.807) is 18.5 Å². The number of rotatable bonds is 5. The van der Waals surface area contributed by atoms with Gasteiger partial charge in [-0.05, 0) is 18.6 Å². The first kappa shape index (κ1) is 11.4. The molecule has 4 heteroatoms. The molecule has 0 radical (unpaired) electrons. The molecule has 4 nitrogen and oxygen atoms in total. The van der Waals surface area contributed by atoms with Gasteiger partial charge in [-0.25, -0.2) is 0 Å². The number of hydrogen-bond acceptors (Lipinski definition) is 3. The van der Waals surface area contributed by atoms with E-state index in [9.17, 15) is 4.79 Å². The van der Waals surface area contributed by atoms with Crippen LogP contribution in [0.2, 0.25) is 0 Å². The van der Waals surface area contributed by atoms with Crippen LogP contribution >= 0.6 is 0 Å². The summed E-state index contributed by atoms with van der Waals surface area (Å²) in [5, 5.41) is 5.66. The molecule has 0 atom stereocenters. The number of aromatic nitrogens is 1. The van der Waals surface area contributed by atoms with Crippen LogP contribution in [0.15, 0.2) is 31.1 Å². The molecule has 0 fully saturated rings. The van der Waals surface area contributed by atoms with E-state index in [1.807, 2.05) is 13.0 Å². The summed E-state index contributed by atoms with van der Waals surface area (Å²) in [5.74, 6) is -0.0794. The van der Waals surface area contributed by atoms with Crippen LogP contribution in [0.1, 0.15) is 5.56 Å². The highest BCUT2D eigenvalue weighted by Crippen LogP contribution is 2.06. The molecule has 1 rings (SSSR count). The predicted octanol–water partition coefficient (Wildman–Crippen LogP) is 1.10. The van der Waals surface area contributed by atoms with Gasteiger partial charge in [0.1, 0.15) is 0 Å². The minimum Gasteiger partial charge on any atom is -0.324 e. The van der Waals surface area contributed by atoms with Crippen molar-refractivity contribution in [2.45, 2.75) is 6.92 Å². The first-order chi connectivity index (χ1) is 7.22. The SMILES string of the molecule is C=CCNCC(=O)Nc1cncc(C)c1. The largest absolute Gasteiger partial charge is 0.324 e. The van der Waals surface area contributed by atoms with Gasteiger partial charge in [-0.15, -0.1) is 6.58 Å². The number of carbonyl (C=O) groups is 1. The Bertz CT molecular complexity index is 349. The van der Waals surface area contributed by atoms with Crippen LogP contribution in [-0.2, 0) is 4.79 Å². The second-order valence-corrected chi connectivity index (χ2v) is 3.22. The number of nitrogens with one attached hydrogen (secondary N) is 2. The molecular weight excluding hydrogens is 190 g/mol. The first-order valence-electron chi connectivity index (χ1n) is 4.75. The highest BCUT2D eigenvalue weighted by Gasteiger charge is 2.00. The summed E-state index contributed by atoms with van der Waals surface area (Å²) in [6, 6.07) is 1.87. The Morgan fingerprint density at radius 1 is 1.60 bits per heavy atom. The van der Waals surface area contributed by atoms with E-state index in [0.29, 0.717) is 6.54 Å². The lowest BCUT2D eigenvalue weighted by atomic mass is 10.3. The third-order valence-electron chi connectivity index (χ3n) is 1.73. The summed E-state index contributed by atoms with van der Waals surface area (Å²) in [6.45, 7) is 6.38. The molecule has 0 saturated heterocycles. The zero-order valence-electron chi connectivity index (χ0n) is 8.79. The molecule has 80 valence electrons. The number of anilines is 1. The van der Waals surface area contributed by atoms with E-state index < -0.39 is 0 Å². The van der Waals surface area contributed by atoms with Gasteiger partial charge in [0.05, 0.1) is 18.4 Å². The normalized spacial score (nSPS) is 9.67. The fourth-order valence-electron chi connectivity index (χ4n) is 1.12. The van der Waals surface area contributed by atoms with Gasteiger partial charge in [0.25, 0.3) is 0 Å². The fourth-order valence-corrected chi connectivity index (χ4v) is 1.12. The topological polar surface area (TPSA) is 54.0 Å². The Balaban J connectivity index is 2.40. The Hall–Kier alpha value is -1.68. The first-order valence-corrected chi connectivity index (χ1v) is 4.75. The van der Waals surface area contributed by atoms with E-state index in [4.69, 9.17) is 0 Å². The van der Waals surface area contributed by atoms with Crippen LogP contribution in [0.3, 0.4) is 0 Å². The number of hydrogen-bond donors (Lipinski definition) is 2. The minimum atomic E-state index is -0.0794. The van der Waals surface area contributed by atoms with Crippen LogP contribution in [-0.4, -0.2) is 24.0 Å². The van der Waals surface area contributed by atoms with Gasteiger partial charge in [0.15, 0.2) is 0 Å². The Morgan fingerprint density at radius 3 is 3.07 bits per heavy atom. The van der Waals surface area contributed by atoms with Crippen LogP contribution < -0.4 is 10.6 Å². The second-order valence-electron chi connectivity index (χ2n) is 3.22. The van der Waals surface area contributed by atoms with E-state index in [-0.39, 0.29) is 12.5 Å². The van der Waals surface area contributed by atoms with Gasteiger partial charge in [-0.3, -0.25) is 9.78 Å². The molecule has 0 spiro atoms. The van der Waals surface area contributed by atoms with Crippen molar-refractivity contribution in [2.24, 2.45) is 0 Å². The number of aryl methyl sites for hydroxylation is 1. The molecule has 0 aliphatic heterocycles. The van der Waals surface area contributed by atoms with E-state index in [2.05, 4.69) is 22.2 Å². The second kappa shape index (κ2) is 5.93. The maximum Gasteiger partial charge on any atom is 0.238 e. The molecule has 0 aromatic carbocycles. The molecule has 1 heterocycles. The lowest BCUT2D eigenvalue weighted by Gasteiger charge is -2.05. The Labute approximate surface area is 89.4 Å². The molecule has 0 unspecified atom stereocenters. The van der Waals surface area contributed by atoms with Crippen molar-refractivity contribution in [1.82, 2.24) is 10.3 Å². The summed E-state index contributed by atoms with van der Waals surface area (Å²) in [6.07, 6.45) is 5.07. The van der Waals surface area contributed by atoms with Gasteiger partial charge in [0.2, 0.25) is 5.91 Å². The maximum absolute atomic E-state index is 11.4. The molecule has 15 heavy (non-hydrogen) atoms. The Morgan fingerprint density at radius 2 is 2.40 bits per heavy atom. The quantitative estimate of drug-likeness (QED) is 0.559. The van der Waals surface area contributed by atoms with Crippen molar-refractivity contribution in [3.8, 4) is 0 Å². The van der Waals surface area contributed by atoms with Crippen molar-refractivity contribution in [1.29, 1.82) is 0 Å². The van der Waals surface area contributed by atoms with Crippen molar-refractivity contribution in [2.75, 3.05) is 18.4 Å². The lowest BCUT2D eigenvalue weighted by molar-refractivity contribution is -0.115. The van der Waals surface area contributed by atoms with Gasteiger partial charge >= 0.3 is 0 Å². The van der Waals surface area contributed by atoms with Gasteiger partial charge < -0.3 is 10.6 Å². The number of amides is 1. The zero-order chi connectivity index (χ0) is 11.1. The van der Waals surface area contributed by atoms with Crippen LogP contribution in [0.25, 0.3) is 0 Å². The van der Waals surface area contributed by atoms with E-state index in [0.717, 1.165) is 11.3 Å². The monoisotopic (exact) mass is 205 g/mol. The van der Waals surface area contributed by atoms with E-state index in [1.165, 1.54) is 0 Å². The number of nitrogens with zero attached hydrogens (tertiary/aromatic N) is 1. The summed E-state index contributed by atoms with van der Waals surface area (Å²) < 4.78 is 0. The molecular formula is C11H15N3O. The van der Waals surface area contributed by atoms with E-state index >= 15 is 0 Å². The lowest BCUT2D eigenvalue weighted by Crippen LogP contribution is -2.28. The van der Waals surface area contributed by atoms with Crippen molar-refractivity contribution >= 4 is 11.6 Å². The molecule has 0 saturated carbocycles. The molecule has 1 aromatic heterocycles. The number of pyridine rings is 1. The smallest absolute Gasteiger partial charge is 0.238 e. The van der Waals surface area contributed by atoms with Crippen LogP contribution in [0.4, 0.5) is 5.69 Å². The average Bonchev–Trinajstić information content (AvgIpc) is 2.18. The third-order valence-corrected chi connectivity index (χ3v) is 1.73. The molecule has 2 N–H and O–H groups in total. The highest BCUT2D eigenvalue weighted by molar-refractivity contribution is 5.92. The number of carbonyl (C=O) groups excluding carboxylic acids is 1. The molecule has 1 amide bonds. The van der Waals surface area contributed by atoms with Crippen LogP contribution in [0.5, 0.6) is 0 Å². The van der Waals surface area contributed by atoms with Crippen molar-refractivity contribution < 1.29 is 4.79 Å². The molecule has 1 aromatic rings. The molecule has 0 bridgehead atoms. The summed E-state index contributed by atoms with van der Waals surface area (Å²) in [7, 11) is 0. The minimum absolute atomic E-state index is 0.0794. The molecule has 0 aliphatic rings. The standard InChI is InChI=1S/C11H15N3O/c1-3-4-12-8-11(15)14-10-5-9(2)6-13-7-10/h3,5-7,12H,1,4,8H2,2H3,(H,14,15). The summed E-state index contributed by atoms with van der Waals surface area (Å²) >= 11 is 0.